The van der Waals surface area contributed by atoms with Crippen molar-refractivity contribution in [2.45, 2.75) is 19.9 Å². The summed E-state index contributed by atoms with van der Waals surface area (Å²) in [5, 5.41) is 18.2. The number of fused-ring (bicyclic) bond motifs is 1. The highest BCUT2D eigenvalue weighted by Crippen LogP contribution is 2.13. The number of carbonyl (C=O) groups is 2. The fourth-order valence-electron chi connectivity index (χ4n) is 2.01. The van der Waals surface area contributed by atoms with E-state index in [0.717, 1.165) is 0 Å². The number of rotatable bonds is 4. The van der Waals surface area contributed by atoms with Gasteiger partial charge in [0.2, 0.25) is 0 Å². The van der Waals surface area contributed by atoms with Gasteiger partial charge in [-0.25, -0.2) is 9.89 Å². The van der Waals surface area contributed by atoms with Gasteiger partial charge in [0.1, 0.15) is 6.04 Å². The van der Waals surface area contributed by atoms with Crippen LogP contribution < -0.4 is 10.9 Å². The molecule has 1 atom stereocenters. The first-order chi connectivity index (χ1) is 9.91. The van der Waals surface area contributed by atoms with Crippen molar-refractivity contribution in [2.75, 3.05) is 0 Å². The molecule has 110 valence electrons. The van der Waals surface area contributed by atoms with Gasteiger partial charge in [-0.3, -0.25) is 9.59 Å². The molecule has 0 fully saturated rings. The molecule has 1 heterocycles. The molecule has 1 aromatic heterocycles. The van der Waals surface area contributed by atoms with Gasteiger partial charge in [-0.05, 0) is 12.0 Å². The first-order valence-corrected chi connectivity index (χ1v) is 6.43. The highest BCUT2D eigenvalue weighted by molar-refractivity contribution is 6.05. The molecule has 1 aromatic carbocycles. The van der Waals surface area contributed by atoms with Gasteiger partial charge in [0, 0.05) is 5.39 Å². The zero-order chi connectivity index (χ0) is 15.6. The Hall–Kier alpha value is -2.70. The lowest BCUT2D eigenvalue weighted by Gasteiger charge is -2.17. The van der Waals surface area contributed by atoms with E-state index in [1.165, 1.54) is 0 Å². The van der Waals surface area contributed by atoms with Crippen molar-refractivity contribution in [3.8, 4) is 0 Å². The lowest BCUT2D eigenvalue weighted by Crippen LogP contribution is -2.44. The van der Waals surface area contributed by atoms with Crippen LogP contribution in [0.4, 0.5) is 0 Å². The van der Waals surface area contributed by atoms with Crippen molar-refractivity contribution in [3.05, 3.63) is 40.3 Å². The van der Waals surface area contributed by atoms with Crippen molar-refractivity contribution in [2.24, 2.45) is 5.92 Å². The summed E-state index contributed by atoms with van der Waals surface area (Å²) in [7, 11) is 0. The maximum Gasteiger partial charge on any atom is 0.326 e. The van der Waals surface area contributed by atoms with E-state index in [1.807, 2.05) is 0 Å². The Morgan fingerprint density at radius 1 is 1.24 bits per heavy atom. The number of hydrogen-bond donors (Lipinski definition) is 3. The number of aromatic nitrogens is 2. The van der Waals surface area contributed by atoms with Crippen molar-refractivity contribution < 1.29 is 14.7 Å². The normalized spacial score (nSPS) is 12.3. The number of benzene rings is 1. The van der Waals surface area contributed by atoms with Crippen LogP contribution in [0.3, 0.4) is 0 Å². The molecular formula is C14H15N3O4. The lowest BCUT2D eigenvalue weighted by molar-refractivity contribution is -0.140. The molecule has 2 aromatic rings. The van der Waals surface area contributed by atoms with Gasteiger partial charge in [-0.2, -0.15) is 5.10 Å². The van der Waals surface area contributed by atoms with Crippen LogP contribution in [0.25, 0.3) is 10.8 Å². The van der Waals surface area contributed by atoms with Gasteiger partial charge >= 0.3 is 5.97 Å². The first-order valence-electron chi connectivity index (χ1n) is 6.43. The molecular weight excluding hydrogens is 274 g/mol. The van der Waals surface area contributed by atoms with Gasteiger partial charge < -0.3 is 10.4 Å². The molecule has 0 saturated carbocycles. The predicted molar refractivity (Wildman–Crippen MR) is 76.1 cm³/mol. The first kappa shape index (κ1) is 14.7. The molecule has 0 aliphatic carbocycles. The Morgan fingerprint density at radius 3 is 2.43 bits per heavy atom. The summed E-state index contributed by atoms with van der Waals surface area (Å²) in [6.45, 7) is 3.38. The minimum absolute atomic E-state index is 0.00269. The maximum absolute atomic E-state index is 12.2. The number of aliphatic carboxylic acids is 1. The standard InChI is InChI=1S/C14H15N3O4/c1-7(2)10(14(20)21)15-13(19)11-8-5-3-4-6-9(8)12(18)17-16-11/h3-7,10H,1-2H3,(H,15,19)(H,17,18)(H,20,21)/t10-/m1/s1. The Balaban J connectivity index is 2.43. The molecule has 21 heavy (non-hydrogen) atoms. The van der Waals surface area contributed by atoms with E-state index < -0.39 is 23.5 Å². The van der Waals surface area contributed by atoms with Crippen LogP contribution in [0.15, 0.2) is 29.1 Å². The summed E-state index contributed by atoms with van der Waals surface area (Å²) in [6, 6.07) is 5.50. The Morgan fingerprint density at radius 2 is 1.86 bits per heavy atom. The minimum Gasteiger partial charge on any atom is -0.480 e. The summed E-state index contributed by atoms with van der Waals surface area (Å²) < 4.78 is 0. The second-order valence-electron chi connectivity index (χ2n) is 4.98. The van der Waals surface area contributed by atoms with E-state index in [2.05, 4.69) is 15.5 Å². The van der Waals surface area contributed by atoms with Crippen molar-refractivity contribution in [3.63, 3.8) is 0 Å². The maximum atomic E-state index is 12.2. The number of carbonyl (C=O) groups excluding carboxylic acids is 1. The smallest absolute Gasteiger partial charge is 0.326 e. The zero-order valence-electron chi connectivity index (χ0n) is 11.6. The monoisotopic (exact) mass is 289 g/mol. The zero-order valence-corrected chi connectivity index (χ0v) is 11.6. The summed E-state index contributed by atoms with van der Waals surface area (Å²) in [6.07, 6.45) is 0. The molecule has 0 unspecified atom stereocenters. The van der Waals surface area contributed by atoms with Crippen molar-refractivity contribution in [1.82, 2.24) is 15.5 Å². The summed E-state index contributed by atoms with van der Waals surface area (Å²) >= 11 is 0. The summed E-state index contributed by atoms with van der Waals surface area (Å²) in [4.78, 5) is 35.0. The number of carboxylic acids is 1. The highest BCUT2D eigenvalue weighted by atomic mass is 16.4. The van der Waals surface area contributed by atoms with Crippen molar-refractivity contribution >= 4 is 22.6 Å². The van der Waals surface area contributed by atoms with E-state index in [9.17, 15) is 14.4 Å². The van der Waals surface area contributed by atoms with Crippen LogP contribution in [-0.4, -0.2) is 33.2 Å². The van der Waals surface area contributed by atoms with Crippen LogP contribution in [0.1, 0.15) is 24.3 Å². The second-order valence-corrected chi connectivity index (χ2v) is 4.98. The lowest BCUT2D eigenvalue weighted by atomic mass is 10.0. The third-order valence-corrected chi connectivity index (χ3v) is 3.13. The number of carboxylic acid groups (broad SMARTS) is 1. The number of nitrogens with zero attached hydrogens (tertiary/aromatic N) is 1. The van der Waals surface area contributed by atoms with Crippen LogP contribution >= 0.6 is 0 Å². The van der Waals surface area contributed by atoms with E-state index >= 15 is 0 Å². The van der Waals surface area contributed by atoms with E-state index in [4.69, 9.17) is 5.11 Å². The van der Waals surface area contributed by atoms with Crippen molar-refractivity contribution in [1.29, 1.82) is 0 Å². The predicted octanol–water partition coefficient (Wildman–Crippen LogP) is 0.762. The van der Waals surface area contributed by atoms with E-state index in [1.54, 1.807) is 38.1 Å². The number of hydrogen-bond acceptors (Lipinski definition) is 4. The molecule has 2 rings (SSSR count). The molecule has 0 saturated heterocycles. The molecule has 0 aliphatic rings. The van der Waals surface area contributed by atoms with Gasteiger partial charge in [-0.1, -0.05) is 32.0 Å². The Kier molecular flexibility index (Phi) is 4.02. The van der Waals surface area contributed by atoms with Crippen LogP contribution in [0.2, 0.25) is 0 Å². The molecule has 7 nitrogen and oxygen atoms in total. The van der Waals surface area contributed by atoms with Crippen LogP contribution in [0.5, 0.6) is 0 Å². The quantitative estimate of drug-likeness (QED) is 0.769. The molecule has 1 amide bonds. The molecule has 3 N–H and O–H groups in total. The largest absolute Gasteiger partial charge is 0.480 e. The highest BCUT2D eigenvalue weighted by Gasteiger charge is 2.25. The topological polar surface area (TPSA) is 112 Å². The molecule has 0 aliphatic heterocycles. The van der Waals surface area contributed by atoms with Crippen LogP contribution in [-0.2, 0) is 4.79 Å². The van der Waals surface area contributed by atoms with Crippen LogP contribution in [0, 0.1) is 5.92 Å². The average molecular weight is 289 g/mol. The van der Waals surface area contributed by atoms with E-state index in [0.29, 0.717) is 10.8 Å². The Labute approximate surface area is 120 Å². The number of aromatic amines is 1. The van der Waals surface area contributed by atoms with Gasteiger partial charge in [0.25, 0.3) is 11.5 Å². The second kappa shape index (κ2) is 5.74. The van der Waals surface area contributed by atoms with Gasteiger partial charge in [-0.15, -0.1) is 0 Å². The summed E-state index contributed by atoms with van der Waals surface area (Å²) in [5.41, 5.74) is -0.405. The number of nitrogens with one attached hydrogen (secondary N) is 2. The number of H-pyrrole nitrogens is 1. The average Bonchev–Trinajstić information content (AvgIpc) is 2.44. The fraction of sp³-hybridized carbons (Fsp3) is 0.286. The minimum atomic E-state index is -1.12. The SMILES string of the molecule is CC(C)[C@@H](NC(=O)c1n[nH]c(=O)c2ccccc12)C(=O)O. The van der Waals surface area contributed by atoms with E-state index in [-0.39, 0.29) is 11.6 Å². The number of amides is 1. The molecule has 0 spiro atoms. The van der Waals surface area contributed by atoms with Gasteiger partial charge in [0.15, 0.2) is 5.69 Å². The summed E-state index contributed by atoms with van der Waals surface area (Å²) in [5.74, 6) is -2.03. The Bertz CT molecular complexity index is 751. The fourth-order valence-corrected chi connectivity index (χ4v) is 2.01. The molecule has 7 heteroatoms. The third-order valence-electron chi connectivity index (χ3n) is 3.13. The molecule has 0 bridgehead atoms. The van der Waals surface area contributed by atoms with Gasteiger partial charge in [0.05, 0.1) is 5.39 Å². The molecule has 0 radical (unpaired) electrons. The third kappa shape index (κ3) is 2.91.